The summed E-state index contributed by atoms with van der Waals surface area (Å²) in [7, 11) is 2.21. The van der Waals surface area contributed by atoms with E-state index in [2.05, 4.69) is 37.2 Å². The van der Waals surface area contributed by atoms with Crippen LogP contribution in [0, 0.1) is 0 Å². The van der Waals surface area contributed by atoms with Gasteiger partial charge in [0.15, 0.2) is 0 Å². The predicted octanol–water partition coefficient (Wildman–Crippen LogP) is 2.80. The van der Waals surface area contributed by atoms with E-state index in [0.717, 1.165) is 12.2 Å². The first-order chi connectivity index (χ1) is 8.20. The van der Waals surface area contributed by atoms with Crippen molar-refractivity contribution in [1.29, 1.82) is 0 Å². The van der Waals surface area contributed by atoms with Gasteiger partial charge in [-0.3, -0.25) is 0 Å². The topological polar surface area (TPSA) is 28.4 Å². The lowest BCUT2D eigenvalue weighted by Gasteiger charge is -2.36. The van der Waals surface area contributed by atoms with E-state index in [9.17, 15) is 0 Å². The maximum absolute atomic E-state index is 5.50. The van der Waals surface area contributed by atoms with Gasteiger partial charge in [-0.15, -0.1) is 0 Å². The largest absolute Gasteiger partial charge is 0.468 e. The highest BCUT2D eigenvalue weighted by Gasteiger charge is 2.25. The number of furan rings is 1. The Morgan fingerprint density at radius 2 is 2.41 bits per heavy atom. The van der Waals surface area contributed by atoms with Crippen molar-refractivity contribution in [2.75, 3.05) is 13.6 Å². The van der Waals surface area contributed by atoms with E-state index in [-0.39, 0.29) is 0 Å². The van der Waals surface area contributed by atoms with Crippen molar-refractivity contribution in [2.24, 2.45) is 0 Å². The van der Waals surface area contributed by atoms with Gasteiger partial charge in [0.1, 0.15) is 5.76 Å². The highest BCUT2D eigenvalue weighted by Crippen LogP contribution is 2.22. The van der Waals surface area contributed by atoms with E-state index in [0.29, 0.717) is 18.1 Å². The normalized spacial score (nSPS) is 28.2. The average molecular weight is 236 g/mol. The molecule has 96 valence electrons. The lowest BCUT2D eigenvalue weighted by molar-refractivity contribution is 0.159. The second-order valence-corrected chi connectivity index (χ2v) is 5.19. The monoisotopic (exact) mass is 236 g/mol. The Labute approximate surface area is 104 Å². The molecule has 3 unspecified atom stereocenters. The van der Waals surface area contributed by atoms with Gasteiger partial charge in [0.2, 0.25) is 0 Å². The maximum Gasteiger partial charge on any atom is 0.120 e. The van der Waals surface area contributed by atoms with Crippen molar-refractivity contribution in [3.8, 4) is 0 Å². The number of likely N-dealkylation sites (tertiary alicyclic amines) is 1. The molecule has 0 saturated carbocycles. The summed E-state index contributed by atoms with van der Waals surface area (Å²) in [6, 6.07) is 5.70. The summed E-state index contributed by atoms with van der Waals surface area (Å²) >= 11 is 0. The zero-order valence-corrected chi connectivity index (χ0v) is 11.1. The summed E-state index contributed by atoms with van der Waals surface area (Å²) < 4.78 is 5.50. The molecule has 17 heavy (non-hydrogen) atoms. The molecule has 3 nitrogen and oxygen atoms in total. The van der Waals surface area contributed by atoms with E-state index < -0.39 is 0 Å². The Hall–Kier alpha value is -0.800. The molecule has 0 radical (unpaired) electrons. The molecule has 0 amide bonds. The first-order valence-electron chi connectivity index (χ1n) is 6.70. The zero-order valence-electron chi connectivity index (χ0n) is 11.1. The van der Waals surface area contributed by atoms with E-state index >= 15 is 0 Å². The first kappa shape index (κ1) is 12.7. The van der Waals surface area contributed by atoms with Crippen LogP contribution in [0.5, 0.6) is 0 Å². The molecule has 1 N–H and O–H groups in total. The van der Waals surface area contributed by atoms with Gasteiger partial charge in [-0.1, -0.05) is 6.92 Å². The average Bonchev–Trinajstić information content (AvgIpc) is 2.84. The second-order valence-electron chi connectivity index (χ2n) is 5.19. The van der Waals surface area contributed by atoms with Crippen molar-refractivity contribution in [1.82, 2.24) is 10.2 Å². The van der Waals surface area contributed by atoms with Gasteiger partial charge in [-0.05, 0) is 51.9 Å². The molecule has 1 aliphatic heterocycles. The first-order valence-corrected chi connectivity index (χ1v) is 6.70. The minimum absolute atomic E-state index is 0.366. The molecule has 1 aromatic rings. The van der Waals surface area contributed by atoms with Gasteiger partial charge in [0, 0.05) is 12.1 Å². The minimum atomic E-state index is 0.366. The van der Waals surface area contributed by atoms with Gasteiger partial charge in [-0.25, -0.2) is 0 Å². The molecule has 3 heteroatoms. The molecule has 1 fully saturated rings. The standard InChI is InChI=1S/C14H24N2O/c1-4-13(14-6-5-9-17-14)15-12-7-8-16(3)11(2)10-12/h5-6,9,11-13,15H,4,7-8,10H2,1-3H3. The quantitative estimate of drug-likeness (QED) is 0.871. The highest BCUT2D eigenvalue weighted by molar-refractivity contribution is 5.04. The van der Waals surface area contributed by atoms with Crippen molar-refractivity contribution < 1.29 is 4.42 Å². The molecule has 0 aromatic carbocycles. The predicted molar refractivity (Wildman–Crippen MR) is 70.0 cm³/mol. The number of rotatable bonds is 4. The van der Waals surface area contributed by atoms with Crippen LogP contribution < -0.4 is 5.32 Å². The molecule has 3 atom stereocenters. The molecule has 1 aliphatic rings. The van der Waals surface area contributed by atoms with Gasteiger partial charge in [0.05, 0.1) is 12.3 Å². The molecular formula is C14H24N2O. The zero-order chi connectivity index (χ0) is 12.3. The molecule has 2 rings (SSSR count). The summed E-state index contributed by atoms with van der Waals surface area (Å²) in [5.41, 5.74) is 0. The third kappa shape index (κ3) is 3.11. The number of hydrogen-bond acceptors (Lipinski definition) is 3. The van der Waals surface area contributed by atoms with Crippen LogP contribution in [0.1, 0.15) is 44.9 Å². The Morgan fingerprint density at radius 1 is 1.59 bits per heavy atom. The highest BCUT2D eigenvalue weighted by atomic mass is 16.3. The van der Waals surface area contributed by atoms with Crippen LogP contribution in [-0.2, 0) is 0 Å². The molecule has 2 heterocycles. The summed E-state index contributed by atoms with van der Waals surface area (Å²) in [6.07, 6.45) is 5.30. The molecule has 0 spiro atoms. The van der Waals surface area contributed by atoms with E-state index in [1.54, 1.807) is 6.26 Å². The summed E-state index contributed by atoms with van der Waals surface area (Å²) in [4.78, 5) is 2.44. The maximum atomic E-state index is 5.50. The number of piperidine rings is 1. The molecular weight excluding hydrogens is 212 g/mol. The van der Waals surface area contributed by atoms with Gasteiger partial charge < -0.3 is 14.6 Å². The van der Waals surface area contributed by atoms with Crippen LogP contribution in [0.25, 0.3) is 0 Å². The van der Waals surface area contributed by atoms with Crippen molar-refractivity contribution in [3.63, 3.8) is 0 Å². The van der Waals surface area contributed by atoms with Crippen LogP contribution in [0.4, 0.5) is 0 Å². The lowest BCUT2D eigenvalue weighted by Crippen LogP contribution is -2.46. The fourth-order valence-corrected chi connectivity index (χ4v) is 2.62. The van der Waals surface area contributed by atoms with Crippen LogP contribution in [0.2, 0.25) is 0 Å². The molecule has 1 saturated heterocycles. The van der Waals surface area contributed by atoms with E-state index in [4.69, 9.17) is 4.42 Å². The number of hydrogen-bond donors (Lipinski definition) is 1. The van der Waals surface area contributed by atoms with Gasteiger partial charge in [0.25, 0.3) is 0 Å². The van der Waals surface area contributed by atoms with E-state index in [1.807, 2.05) is 6.07 Å². The molecule has 0 aliphatic carbocycles. The SMILES string of the molecule is CCC(NC1CCN(C)C(C)C1)c1ccco1. The van der Waals surface area contributed by atoms with Crippen molar-refractivity contribution in [2.45, 2.75) is 51.2 Å². The van der Waals surface area contributed by atoms with Crippen molar-refractivity contribution >= 4 is 0 Å². The third-order valence-corrected chi connectivity index (χ3v) is 3.94. The lowest BCUT2D eigenvalue weighted by atomic mass is 9.97. The van der Waals surface area contributed by atoms with Crippen LogP contribution >= 0.6 is 0 Å². The van der Waals surface area contributed by atoms with Crippen LogP contribution in [0.15, 0.2) is 22.8 Å². The molecule has 1 aromatic heterocycles. The molecule has 0 bridgehead atoms. The Bertz CT molecular complexity index is 323. The van der Waals surface area contributed by atoms with Crippen molar-refractivity contribution in [3.05, 3.63) is 24.2 Å². The van der Waals surface area contributed by atoms with Gasteiger partial charge in [-0.2, -0.15) is 0 Å². The van der Waals surface area contributed by atoms with E-state index in [1.165, 1.54) is 19.4 Å². The Kier molecular flexibility index (Phi) is 4.24. The smallest absolute Gasteiger partial charge is 0.120 e. The fraction of sp³-hybridized carbons (Fsp3) is 0.714. The van der Waals surface area contributed by atoms with Crippen LogP contribution in [-0.4, -0.2) is 30.6 Å². The minimum Gasteiger partial charge on any atom is -0.468 e. The van der Waals surface area contributed by atoms with Crippen LogP contribution in [0.3, 0.4) is 0 Å². The van der Waals surface area contributed by atoms with Gasteiger partial charge >= 0.3 is 0 Å². The number of nitrogens with zero attached hydrogens (tertiary/aromatic N) is 1. The summed E-state index contributed by atoms with van der Waals surface area (Å²) in [6.45, 7) is 5.70. The summed E-state index contributed by atoms with van der Waals surface area (Å²) in [5.74, 6) is 1.07. The Balaban J connectivity index is 1.91. The number of nitrogens with one attached hydrogen (secondary N) is 1. The Morgan fingerprint density at radius 3 is 3.00 bits per heavy atom. The second kappa shape index (κ2) is 5.69. The third-order valence-electron chi connectivity index (χ3n) is 3.94. The summed E-state index contributed by atoms with van der Waals surface area (Å²) in [5, 5.41) is 3.74. The fourth-order valence-electron chi connectivity index (χ4n) is 2.62.